The van der Waals surface area contributed by atoms with Crippen molar-refractivity contribution in [3.05, 3.63) is 24.3 Å². The number of ether oxygens (including phenoxy) is 1. The quantitative estimate of drug-likeness (QED) is 0.797. The van der Waals surface area contributed by atoms with Crippen LogP contribution in [0.4, 0.5) is 0 Å². The number of hydrogen-bond donors (Lipinski definition) is 1. The first-order valence-corrected chi connectivity index (χ1v) is 8.21. The number of hydrogen-bond acceptors (Lipinski definition) is 4. The van der Waals surface area contributed by atoms with Crippen LogP contribution in [0.5, 0.6) is 5.75 Å². The summed E-state index contributed by atoms with van der Waals surface area (Å²) in [6.07, 6.45) is 2.06. The van der Waals surface area contributed by atoms with E-state index >= 15 is 0 Å². The second-order valence-electron chi connectivity index (χ2n) is 4.62. The molecule has 0 saturated carbocycles. The average molecular weight is 300 g/mol. The number of carbonyl (C=O) groups is 1. The number of rotatable bonds is 8. The molecule has 0 aliphatic rings. The van der Waals surface area contributed by atoms with Gasteiger partial charge in [0.15, 0.2) is 15.6 Å². The van der Waals surface area contributed by atoms with Crippen LogP contribution >= 0.6 is 0 Å². The van der Waals surface area contributed by atoms with E-state index in [-0.39, 0.29) is 4.90 Å². The first kappa shape index (κ1) is 16.5. The van der Waals surface area contributed by atoms with Gasteiger partial charge < -0.3 is 9.84 Å². The van der Waals surface area contributed by atoms with E-state index in [2.05, 4.69) is 13.8 Å². The number of sulfone groups is 1. The lowest BCUT2D eigenvalue weighted by molar-refractivity contribution is -0.134. The Labute approximate surface area is 119 Å². The van der Waals surface area contributed by atoms with Crippen molar-refractivity contribution in [2.45, 2.75) is 31.6 Å². The Balaban J connectivity index is 2.72. The largest absolute Gasteiger partial charge is 0.493 e. The lowest BCUT2D eigenvalue weighted by Crippen LogP contribution is -2.15. The summed E-state index contributed by atoms with van der Waals surface area (Å²) >= 11 is 0. The minimum Gasteiger partial charge on any atom is -0.493 e. The van der Waals surface area contributed by atoms with Crippen LogP contribution < -0.4 is 4.74 Å². The van der Waals surface area contributed by atoms with Gasteiger partial charge in [0.05, 0.1) is 11.5 Å². The highest BCUT2D eigenvalue weighted by atomic mass is 32.2. The fourth-order valence-corrected chi connectivity index (χ4v) is 2.77. The van der Waals surface area contributed by atoms with Crippen LogP contribution in [-0.2, 0) is 14.6 Å². The van der Waals surface area contributed by atoms with Crippen molar-refractivity contribution in [1.29, 1.82) is 0 Å². The van der Waals surface area contributed by atoms with Gasteiger partial charge in [-0.1, -0.05) is 26.7 Å². The fraction of sp³-hybridized carbons (Fsp3) is 0.500. The van der Waals surface area contributed by atoms with Gasteiger partial charge in [-0.15, -0.1) is 0 Å². The van der Waals surface area contributed by atoms with Crippen LogP contribution in [0.15, 0.2) is 29.2 Å². The summed E-state index contributed by atoms with van der Waals surface area (Å²) in [5.41, 5.74) is 0. The molecular formula is C14H20O5S. The van der Waals surface area contributed by atoms with Gasteiger partial charge in [-0.3, -0.25) is 4.79 Å². The molecule has 1 aromatic carbocycles. The molecule has 0 radical (unpaired) electrons. The van der Waals surface area contributed by atoms with Gasteiger partial charge in [-0.05, 0) is 30.2 Å². The fourth-order valence-electron chi connectivity index (χ4n) is 1.73. The van der Waals surface area contributed by atoms with Crippen molar-refractivity contribution in [3.63, 3.8) is 0 Å². The summed E-state index contributed by atoms with van der Waals surface area (Å²) < 4.78 is 29.0. The van der Waals surface area contributed by atoms with Crippen LogP contribution in [0.25, 0.3) is 0 Å². The Morgan fingerprint density at radius 1 is 1.20 bits per heavy atom. The van der Waals surface area contributed by atoms with E-state index in [1.54, 1.807) is 12.1 Å². The maximum atomic E-state index is 11.7. The molecule has 0 saturated heterocycles. The number of carboxylic acid groups (broad SMARTS) is 1. The molecular weight excluding hydrogens is 280 g/mol. The van der Waals surface area contributed by atoms with Crippen LogP contribution in [0.2, 0.25) is 0 Å². The Morgan fingerprint density at radius 2 is 1.75 bits per heavy atom. The highest BCUT2D eigenvalue weighted by molar-refractivity contribution is 7.92. The lowest BCUT2D eigenvalue weighted by atomic mass is 10.1. The maximum absolute atomic E-state index is 11.7. The molecule has 0 bridgehead atoms. The van der Waals surface area contributed by atoms with Crippen molar-refractivity contribution in [2.24, 2.45) is 5.92 Å². The van der Waals surface area contributed by atoms with E-state index in [9.17, 15) is 13.2 Å². The molecule has 20 heavy (non-hydrogen) atoms. The van der Waals surface area contributed by atoms with E-state index in [1.165, 1.54) is 12.1 Å². The minimum absolute atomic E-state index is 0.00483. The van der Waals surface area contributed by atoms with E-state index in [0.29, 0.717) is 18.3 Å². The van der Waals surface area contributed by atoms with E-state index in [1.807, 2.05) is 0 Å². The molecule has 0 aliphatic carbocycles. The minimum atomic E-state index is -3.77. The smallest absolute Gasteiger partial charge is 0.319 e. The average Bonchev–Trinajstić information content (AvgIpc) is 2.39. The normalized spacial score (nSPS) is 11.6. The molecule has 0 amide bonds. The molecule has 0 spiro atoms. The summed E-state index contributed by atoms with van der Waals surface area (Å²) in [6.45, 7) is 4.78. The Morgan fingerprint density at radius 3 is 2.20 bits per heavy atom. The molecule has 0 aromatic heterocycles. The SMILES string of the molecule is CCC(CC)COc1ccc(S(=O)(=O)CC(=O)O)cc1. The summed E-state index contributed by atoms with van der Waals surface area (Å²) in [7, 11) is -3.77. The topological polar surface area (TPSA) is 80.7 Å². The molecule has 5 nitrogen and oxygen atoms in total. The zero-order valence-corrected chi connectivity index (χ0v) is 12.5. The molecule has 0 aliphatic heterocycles. The molecule has 1 rings (SSSR count). The molecule has 0 heterocycles. The summed E-state index contributed by atoms with van der Waals surface area (Å²) in [5.74, 6) is -1.20. The highest BCUT2D eigenvalue weighted by Crippen LogP contribution is 2.18. The van der Waals surface area contributed by atoms with Crippen molar-refractivity contribution in [1.82, 2.24) is 0 Å². The third-order valence-corrected chi connectivity index (χ3v) is 4.75. The number of carboxylic acids is 1. The second kappa shape index (κ2) is 7.28. The van der Waals surface area contributed by atoms with Gasteiger partial charge in [-0.2, -0.15) is 0 Å². The first-order valence-electron chi connectivity index (χ1n) is 6.56. The molecule has 1 aromatic rings. The monoisotopic (exact) mass is 300 g/mol. The maximum Gasteiger partial charge on any atom is 0.319 e. The second-order valence-corrected chi connectivity index (χ2v) is 6.61. The lowest BCUT2D eigenvalue weighted by Gasteiger charge is -2.13. The van der Waals surface area contributed by atoms with Crippen LogP contribution in [0.3, 0.4) is 0 Å². The molecule has 0 atom stereocenters. The summed E-state index contributed by atoms with van der Waals surface area (Å²) in [6, 6.07) is 5.86. The highest BCUT2D eigenvalue weighted by Gasteiger charge is 2.18. The van der Waals surface area contributed by atoms with E-state index in [0.717, 1.165) is 12.8 Å². The van der Waals surface area contributed by atoms with Crippen LogP contribution in [0.1, 0.15) is 26.7 Å². The van der Waals surface area contributed by atoms with Crippen molar-refractivity contribution in [3.8, 4) is 5.75 Å². The van der Waals surface area contributed by atoms with Gasteiger partial charge in [0.2, 0.25) is 0 Å². The van der Waals surface area contributed by atoms with Crippen LogP contribution in [0, 0.1) is 5.92 Å². The number of benzene rings is 1. The standard InChI is InChI=1S/C14H20O5S/c1-3-11(4-2)9-19-12-5-7-13(8-6-12)20(17,18)10-14(15)16/h5-8,11H,3-4,9-10H2,1-2H3,(H,15,16). The van der Waals surface area contributed by atoms with Crippen molar-refractivity contribution < 1.29 is 23.1 Å². The Kier molecular flexibility index (Phi) is 6.01. The van der Waals surface area contributed by atoms with Gasteiger partial charge in [0.25, 0.3) is 0 Å². The third kappa shape index (κ3) is 4.85. The zero-order chi connectivity index (χ0) is 15.2. The zero-order valence-electron chi connectivity index (χ0n) is 11.7. The van der Waals surface area contributed by atoms with Crippen LogP contribution in [-0.4, -0.2) is 31.9 Å². The molecule has 6 heteroatoms. The summed E-state index contributed by atoms with van der Waals surface area (Å²) in [5, 5.41) is 8.56. The van der Waals surface area contributed by atoms with Gasteiger partial charge in [0, 0.05) is 0 Å². The van der Waals surface area contributed by atoms with Gasteiger partial charge >= 0.3 is 5.97 Å². The predicted octanol–water partition coefficient (Wildman–Crippen LogP) is 2.36. The van der Waals surface area contributed by atoms with Gasteiger partial charge in [0.1, 0.15) is 5.75 Å². The van der Waals surface area contributed by atoms with Crippen molar-refractivity contribution >= 4 is 15.8 Å². The molecule has 1 N–H and O–H groups in total. The van der Waals surface area contributed by atoms with E-state index in [4.69, 9.17) is 9.84 Å². The number of aliphatic carboxylic acids is 1. The van der Waals surface area contributed by atoms with Gasteiger partial charge in [-0.25, -0.2) is 8.42 Å². The van der Waals surface area contributed by atoms with Crippen molar-refractivity contribution in [2.75, 3.05) is 12.4 Å². The molecule has 112 valence electrons. The Bertz CT molecular complexity index is 529. The summed E-state index contributed by atoms with van der Waals surface area (Å²) in [4.78, 5) is 10.5. The molecule has 0 fully saturated rings. The predicted molar refractivity (Wildman–Crippen MR) is 75.7 cm³/mol. The first-order chi connectivity index (χ1) is 9.39. The van der Waals surface area contributed by atoms with E-state index < -0.39 is 21.6 Å². The third-order valence-electron chi connectivity index (χ3n) is 3.14. The Hall–Kier alpha value is -1.56. The molecule has 0 unspecified atom stereocenters.